The summed E-state index contributed by atoms with van der Waals surface area (Å²) in [5.74, 6) is 0.126. The van der Waals surface area contributed by atoms with Crippen molar-refractivity contribution in [1.82, 2.24) is 9.97 Å². The van der Waals surface area contributed by atoms with Gasteiger partial charge in [-0.3, -0.25) is 4.98 Å². The molecule has 0 radical (unpaired) electrons. The van der Waals surface area contributed by atoms with Crippen molar-refractivity contribution >= 4 is 80.9 Å². The van der Waals surface area contributed by atoms with Gasteiger partial charge >= 0.3 is 17.6 Å². The predicted molar refractivity (Wildman–Crippen MR) is 138 cm³/mol. The molecule has 11 heteroatoms. The molecule has 4 aromatic rings. The fourth-order valence-corrected chi connectivity index (χ4v) is 5.83. The van der Waals surface area contributed by atoms with Crippen LogP contribution < -0.4 is 9.47 Å². The van der Waals surface area contributed by atoms with E-state index in [2.05, 4.69) is 9.97 Å². The van der Waals surface area contributed by atoms with Crippen LogP contribution in [0.4, 0.5) is 5.82 Å². The number of carbonyl (C=O) groups is 1. The molecular weight excluding hydrogens is 550 g/mol. The molecule has 4 heterocycles. The second kappa shape index (κ2) is 9.50. The van der Waals surface area contributed by atoms with Gasteiger partial charge in [0.1, 0.15) is 6.54 Å². The number of amides is 1. The minimum atomic E-state index is -0.315. The topological polar surface area (TPSA) is 71.4 Å². The first-order chi connectivity index (χ1) is 16.7. The number of nitrogens with zero attached hydrogens (tertiary/aromatic N) is 3. The molecule has 0 bridgehead atoms. The molecule has 1 atom stereocenters. The maximum absolute atomic E-state index is 13.9. The molecule has 1 unspecified atom stereocenters. The van der Waals surface area contributed by atoms with E-state index < -0.39 is 0 Å². The SMILES string of the molecule is Cc1ccc[n+]2c1[NH+](Cc1cnc(Cl)s1)C(=O)C(c1cc(Cl)cc(-c3ncc(Cl)cc3Cl)c1)=C2O. The summed E-state index contributed by atoms with van der Waals surface area (Å²) in [5.41, 5.74) is 2.43. The molecule has 1 aliphatic heterocycles. The lowest BCUT2D eigenvalue weighted by Crippen LogP contribution is -3.11. The molecule has 0 fully saturated rings. The highest BCUT2D eigenvalue weighted by Crippen LogP contribution is 2.33. The van der Waals surface area contributed by atoms with Gasteiger partial charge in [-0.25, -0.2) is 9.78 Å². The number of pyridine rings is 2. The van der Waals surface area contributed by atoms with E-state index in [4.69, 9.17) is 46.4 Å². The zero-order valence-electron chi connectivity index (χ0n) is 18.0. The van der Waals surface area contributed by atoms with Crippen LogP contribution in [0.2, 0.25) is 19.5 Å². The molecular formula is C24H16Cl4N4O2S+2. The minimum absolute atomic E-state index is 0.118. The van der Waals surface area contributed by atoms with E-state index in [1.165, 1.54) is 17.5 Å². The first kappa shape index (κ1) is 24.2. The number of aryl methyl sites for hydroxylation is 1. The zero-order chi connectivity index (χ0) is 24.9. The van der Waals surface area contributed by atoms with Crippen molar-refractivity contribution in [3.63, 3.8) is 0 Å². The maximum atomic E-state index is 13.9. The van der Waals surface area contributed by atoms with Crippen LogP contribution in [0, 0.1) is 6.92 Å². The Morgan fingerprint density at radius 1 is 1.03 bits per heavy atom. The number of halogens is 4. The van der Waals surface area contributed by atoms with E-state index in [1.54, 1.807) is 41.2 Å². The van der Waals surface area contributed by atoms with Crippen LogP contribution in [-0.2, 0) is 11.3 Å². The lowest BCUT2D eigenvalue weighted by molar-refractivity contribution is -0.838. The normalized spacial score (nSPS) is 15.5. The summed E-state index contributed by atoms with van der Waals surface area (Å²) >= 11 is 26.1. The summed E-state index contributed by atoms with van der Waals surface area (Å²) in [4.78, 5) is 23.7. The Morgan fingerprint density at radius 2 is 1.80 bits per heavy atom. The van der Waals surface area contributed by atoms with Crippen molar-refractivity contribution < 1.29 is 19.4 Å². The van der Waals surface area contributed by atoms with Crippen LogP contribution in [0.25, 0.3) is 22.7 Å². The number of benzene rings is 1. The van der Waals surface area contributed by atoms with Gasteiger partial charge in [0.15, 0.2) is 16.2 Å². The van der Waals surface area contributed by atoms with E-state index in [1.807, 2.05) is 19.1 Å². The van der Waals surface area contributed by atoms with Gasteiger partial charge in [-0.2, -0.15) is 4.90 Å². The Kier molecular flexibility index (Phi) is 6.57. The Morgan fingerprint density at radius 3 is 2.51 bits per heavy atom. The van der Waals surface area contributed by atoms with Gasteiger partial charge in [0.05, 0.1) is 26.2 Å². The van der Waals surface area contributed by atoms with Crippen molar-refractivity contribution in [1.29, 1.82) is 0 Å². The van der Waals surface area contributed by atoms with Gasteiger partial charge in [-0.1, -0.05) is 51.0 Å². The van der Waals surface area contributed by atoms with Gasteiger partial charge in [0, 0.05) is 34.6 Å². The third-order valence-electron chi connectivity index (χ3n) is 5.58. The van der Waals surface area contributed by atoms with Gasteiger partial charge in [-0.05, 0) is 37.3 Å². The molecule has 3 aromatic heterocycles. The van der Waals surface area contributed by atoms with Crippen LogP contribution in [0.15, 0.2) is 55.0 Å². The van der Waals surface area contributed by atoms with Crippen LogP contribution in [0.1, 0.15) is 16.0 Å². The highest BCUT2D eigenvalue weighted by Gasteiger charge is 2.46. The lowest BCUT2D eigenvalue weighted by atomic mass is 9.98. The quantitative estimate of drug-likeness (QED) is 0.318. The summed E-state index contributed by atoms with van der Waals surface area (Å²) in [5, 5.41) is 12.4. The number of fused-ring (bicyclic) bond motifs is 1. The smallest absolute Gasteiger partial charge is 0.393 e. The second-order valence-corrected chi connectivity index (χ2v) is 10.9. The second-order valence-electron chi connectivity index (χ2n) is 7.88. The molecule has 2 N–H and O–H groups in total. The zero-order valence-corrected chi connectivity index (χ0v) is 21.9. The number of carbonyl (C=O) groups excluding carboxylic acids is 1. The van der Waals surface area contributed by atoms with Crippen LogP contribution in [0.5, 0.6) is 0 Å². The van der Waals surface area contributed by atoms with Crippen LogP contribution in [-0.4, -0.2) is 21.0 Å². The van der Waals surface area contributed by atoms with Crippen LogP contribution >= 0.6 is 57.7 Å². The molecule has 35 heavy (non-hydrogen) atoms. The van der Waals surface area contributed by atoms with Crippen LogP contribution in [0.3, 0.4) is 0 Å². The molecule has 0 aliphatic carbocycles. The average molecular weight is 566 g/mol. The Hall–Kier alpha value is -2.52. The summed E-state index contributed by atoms with van der Waals surface area (Å²) in [6.45, 7) is 2.20. The maximum Gasteiger partial charge on any atom is 0.393 e. The summed E-state index contributed by atoms with van der Waals surface area (Å²) in [6, 6.07) is 10.3. The van der Waals surface area contributed by atoms with Crippen molar-refractivity contribution in [2.45, 2.75) is 13.5 Å². The van der Waals surface area contributed by atoms with Crippen molar-refractivity contribution in [2.24, 2.45) is 0 Å². The van der Waals surface area contributed by atoms with E-state index in [-0.39, 0.29) is 17.4 Å². The van der Waals surface area contributed by atoms with E-state index in [9.17, 15) is 9.90 Å². The fourth-order valence-electron chi connectivity index (χ4n) is 4.12. The third kappa shape index (κ3) is 4.56. The van der Waals surface area contributed by atoms with Crippen molar-refractivity contribution in [2.75, 3.05) is 0 Å². The Bertz CT molecular complexity index is 1540. The minimum Gasteiger partial charge on any atom is -0.459 e. The first-order valence-electron chi connectivity index (χ1n) is 10.3. The third-order valence-corrected chi connectivity index (χ3v) is 7.41. The number of hydrogen-bond acceptors (Lipinski definition) is 5. The predicted octanol–water partition coefficient (Wildman–Crippen LogP) is 5.56. The van der Waals surface area contributed by atoms with Gasteiger partial charge in [-0.15, -0.1) is 11.3 Å². The van der Waals surface area contributed by atoms with Gasteiger partial charge in [0.2, 0.25) is 0 Å². The summed E-state index contributed by atoms with van der Waals surface area (Å²) < 4.78 is 2.00. The number of thiazole rings is 1. The fraction of sp³-hybridized carbons (Fsp3) is 0.0833. The molecule has 0 spiro atoms. The van der Waals surface area contributed by atoms with Crippen molar-refractivity contribution in [3.8, 4) is 11.3 Å². The summed E-state index contributed by atoms with van der Waals surface area (Å²) in [6.07, 6.45) is 4.85. The highest BCUT2D eigenvalue weighted by atomic mass is 35.5. The molecule has 1 aliphatic rings. The molecule has 5 rings (SSSR count). The first-order valence-corrected chi connectivity index (χ1v) is 12.6. The molecule has 1 amide bonds. The molecule has 6 nitrogen and oxygen atoms in total. The largest absolute Gasteiger partial charge is 0.459 e. The Labute approximate surface area is 224 Å². The number of nitrogens with one attached hydrogen (secondary N) is 1. The lowest BCUT2D eigenvalue weighted by Gasteiger charge is -2.21. The standard InChI is InChI=1S/C24H14Cl4N4O2S/c1-12-3-2-4-31-21(12)32(11-17-10-30-24(28)35-17)23(34)19(22(31)33)13-5-14(7-15(25)6-13)20-18(27)8-16(26)9-29-20/h2-10H,11H2,1H3/p+2. The molecule has 0 saturated heterocycles. The van der Waals surface area contributed by atoms with E-state index in [0.29, 0.717) is 53.6 Å². The number of quaternary nitrogens is 1. The van der Waals surface area contributed by atoms with Gasteiger partial charge in [0.25, 0.3) is 0 Å². The molecule has 0 saturated carbocycles. The molecule has 176 valence electrons. The molecule has 1 aromatic carbocycles. The van der Waals surface area contributed by atoms with Crippen molar-refractivity contribution in [3.05, 3.63) is 90.5 Å². The number of aliphatic hydroxyl groups is 1. The Balaban J connectivity index is 1.68. The highest BCUT2D eigenvalue weighted by molar-refractivity contribution is 7.15. The van der Waals surface area contributed by atoms with Gasteiger partial charge < -0.3 is 5.11 Å². The number of rotatable bonds is 4. The summed E-state index contributed by atoms with van der Waals surface area (Å²) in [7, 11) is 0. The number of hydrogen-bond donors (Lipinski definition) is 2. The monoisotopic (exact) mass is 564 g/mol. The number of aromatic nitrogens is 3. The number of aliphatic hydroxyl groups excluding tert-OH is 1. The van der Waals surface area contributed by atoms with E-state index in [0.717, 1.165) is 10.4 Å². The average Bonchev–Trinajstić information content (AvgIpc) is 3.21. The van der Waals surface area contributed by atoms with E-state index >= 15 is 0 Å².